The average molecular weight is 262 g/mol. The van der Waals surface area contributed by atoms with E-state index in [0.717, 1.165) is 12.8 Å². The first-order valence-corrected chi connectivity index (χ1v) is 6.05. The van der Waals surface area contributed by atoms with Crippen LogP contribution in [0.5, 0.6) is 0 Å². The van der Waals surface area contributed by atoms with Crippen LogP contribution in [0.15, 0.2) is 33.9 Å². The molecule has 0 aliphatic heterocycles. The van der Waals surface area contributed by atoms with E-state index >= 15 is 0 Å². The highest BCUT2D eigenvalue weighted by atomic mass is 16.3. The lowest BCUT2D eigenvalue weighted by Crippen LogP contribution is -2.31. The molecular weight excluding hydrogens is 248 g/mol. The molecule has 7 heteroatoms. The number of nitrogens with one attached hydrogen (secondary N) is 1. The van der Waals surface area contributed by atoms with E-state index in [0.29, 0.717) is 17.4 Å². The summed E-state index contributed by atoms with van der Waals surface area (Å²) in [4.78, 5) is 23.6. The van der Waals surface area contributed by atoms with Crippen LogP contribution in [0.25, 0.3) is 0 Å². The molecule has 0 radical (unpaired) electrons. The number of imidazole rings is 1. The van der Waals surface area contributed by atoms with E-state index < -0.39 is 5.91 Å². The van der Waals surface area contributed by atoms with E-state index in [1.54, 1.807) is 17.0 Å². The Morgan fingerprint density at radius 3 is 2.95 bits per heavy atom. The van der Waals surface area contributed by atoms with Crippen LogP contribution in [0, 0.1) is 0 Å². The maximum atomic E-state index is 12.1. The standard InChI is InChI=1S/C12H14N4O3/c13-14-11(17)9-3-6-19-10(9)7-15-4-5-16(12(15)18)8-1-2-8/h3-6,8H,1-2,7,13H2,(H,14,17). The smallest absolute Gasteiger partial charge is 0.328 e. The first-order chi connectivity index (χ1) is 9.20. The summed E-state index contributed by atoms with van der Waals surface area (Å²) in [5, 5.41) is 0. The van der Waals surface area contributed by atoms with Crippen molar-refractivity contribution in [1.29, 1.82) is 0 Å². The number of hydrazine groups is 1. The Morgan fingerprint density at radius 1 is 1.47 bits per heavy atom. The zero-order valence-corrected chi connectivity index (χ0v) is 10.2. The summed E-state index contributed by atoms with van der Waals surface area (Å²) in [6.45, 7) is 0.217. The van der Waals surface area contributed by atoms with Crippen molar-refractivity contribution in [3.63, 3.8) is 0 Å². The normalized spacial score (nSPS) is 14.6. The molecule has 0 atom stereocenters. The number of hydrogen-bond donors (Lipinski definition) is 2. The van der Waals surface area contributed by atoms with Crippen LogP contribution in [0.4, 0.5) is 0 Å². The first-order valence-electron chi connectivity index (χ1n) is 6.05. The molecule has 1 saturated carbocycles. The lowest BCUT2D eigenvalue weighted by Gasteiger charge is -2.02. The summed E-state index contributed by atoms with van der Waals surface area (Å²) in [5.74, 6) is 5.08. The molecule has 0 aromatic carbocycles. The Hall–Kier alpha value is -2.28. The fourth-order valence-corrected chi connectivity index (χ4v) is 2.08. The second-order valence-corrected chi connectivity index (χ2v) is 4.58. The lowest BCUT2D eigenvalue weighted by atomic mass is 10.2. The van der Waals surface area contributed by atoms with E-state index in [1.165, 1.54) is 16.9 Å². The van der Waals surface area contributed by atoms with Crippen LogP contribution in [-0.2, 0) is 6.54 Å². The second kappa shape index (κ2) is 4.43. The van der Waals surface area contributed by atoms with Gasteiger partial charge in [-0.2, -0.15) is 0 Å². The number of aromatic nitrogens is 2. The molecular formula is C12H14N4O3. The Morgan fingerprint density at radius 2 is 2.26 bits per heavy atom. The van der Waals surface area contributed by atoms with Crippen molar-refractivity contribution in [3.8, 4) is 0 Å². The third kappa shape index (κ3) is 2.08. The maximum absolute atomic E-state index is 12.1. The highest BCUT2D eigenvalue weighted by Gasteiger charge is 2.26. The van der Waals surface area contributed by atoms with Gasteiger partial charge in [-0.3, -0.25) is 19.4 Å². The molecule has 1 aliphatic rings. The van der Waals surface area contributed by atoms with E-state index in [1.807, 2.05) is 0 Å². The van der Waals surface area contributed by atoms with Gasteiger partial charge in [-0.05, 0) is 18.9 Å². The van der Waals surface area contributed by atoms with Gasteiger partial charge in [0.2, 0.25) is 0 Å². The maximum Gasteiger partial charge on any atom is 0.328 e. The minimum absolute atomic E-state index is 0.0852. The number of hydrogen-bond acceptors (Lipinski definition) is 4. The molecule has 0 spiro atoms. The van der Waals surface area contributed by atoms with Crippen molar-refractivity contribution >= 4 is 5.91 Å². The highest BCUT2D eigenvalue weighted by molar-refractivity contribution is 5.94. The Kier molecular flexibility index (Phi) is 2.75. The van der Waals surface area contributed by atoms with Crippen molar-refractivity contribution in [2.75, 3.05) is 0 Å². The molecule has 7 nitrogen and oxygen atoms in total. The molecule has 100 valence electrons. The predicted octanol–water partition coefficient (Wildman–Crippen LogP) is 0.229. The molecule has 1 amide bonds. The monoisotopic (exact) mass is 262 g/mol. The third-order valence-corrected chi connectivity index (χ3v) is 3.25. The molecule has 0 bridgehead atoms. The van der Waals surface area contributed by atoms with Crippen molar-refractivity contribution < 1.29 is 9.21 Å². The summed E-state index contributed by atoms with van der Waals surface area (Å²) >= 11 is 0. The highest BCUT2D eigenvalue weighted by Crippen LogP contribution is 2.33. The van der Waals surface area contributed by atoms with E-state index in [-0.39, 0.29) is 12.2 Å². The Balaban J connectivity index is 1.87. The molecule has 1 fully saturated rings. The van der Waals surface area contributed by atoms with Crippen LogP contribution in [0.2, 0.25) is 0 Å². The van der Waals surface area contributed by atoms with Gasteiger partial charge in [-0.1, -0.05) is 0 Å². The number of carbonyl (C=O) groups is 1. The summed E-state index contributed by atoms with van der Waals surface area (Å²) in [6, 6.07) is 1.86. The molecule has 0 saturated heterocycles. The first kappa shape index (κ1) is 11.8. The minimum Gasteiger partial charge on any atom is -0.467 e. The van der Waals surface area contributed by atoms with Crippen molar-refractivity contribution in [2.45, 2.75) is 25.4 Å². The van der Waals surface area contributed by atoms with Gasteiger partial charge in [0.15, 0.2) is 0 Å². The third-order valence-electron chi connectivity index (χ3n) is 3.25. The van der Waals surface area contributed by atoms with Gasteiger partial charge >= 0.3 is 5.69 Å². The van der Waals surface area contributed by atoms with Crippen LogP contribution in [-0.4, -0.2) is 15.0 Å². The largest absolute Gasteiger partial charge is 0.467 e. The van der Waals surface area contributed by atoms with Gasteiger partial charge < -0.3 is 4.42 Å². The van der Waals surface area contributed by atoms with E-state index in [9.17, 15) is 9.59 Å². The zero-order valence-electron chi connectivity index (χ0n) is 10.2. The number of nitrogens with two attached hydrogens (primary N) is 1. The van der Waals surface area contributed by atoms with E-state index in [2.05, 4.69) is 5.43 Å². The van der Waals surface area contributed by atoms with Gasteiger partial charge in [-0.15, -0.1) is 0 Å². The quantitative estimate of drug-likeness (QED) is 0.468. The van der Waals surface area contributed by atoms with Gasteiger partial charge in [0, 0.05) is 18.4 Å². The Labute approximate surface area is 108 Å². The fraction of sp³-hybridized carbons (Fsp3) is 0.333. The van der Waals surface area contributed by atoms with Gasteiger partial charge in [-0.25, -0.2) is 10.6 Å². The molecule has 1 aliphatic carbocycles. The molecule has 3 N–H and O–H groups in total. The van der Waals surface area contributed by atoms with Crippen LogP contribution in [0.3, 0.4) is 0 Å². The average Bonchev–Trinajstić information content (AvgIpc) is 3.05. The van der Waals surface area contributed by atoms with Gasteiger partial charge in [0.25, 0.3) is 5.91 Å². The Bertz CT molecular complexity index is 663. The summed E-state index contributed by atoms with van der Waals surface area (Å²) < 4.78 is 8.48. The van der Waals surface area contributed by atoms with E-state index in [4.69, 9.17) is 10.3 Å². The fourth-order valence-electron chi connectivity index (χ4n) is 2.08. The minimum atomic E-state index is -0.432. The van der Waals surface area contributed by atoms with Crippen LogP contribution < -0.4 is 17.0 Å². The van der Waals surface area contributed by atoms with Crippen molar-refractivity contribution in [2.24, 2.45) is 5.84 Å². The number of carbonyl (C=O) groups excluding carboxylic acids is 1. The molecule has 2 aromatic rings. The molecule has 19 heavy (non-hydrogen) atoms. The van der Waals surface area contributed by atoms with Crippen LogP contribution in [0.1, 0.15) is 35.0 Å². The number of nitrogen functional groups attached to an aromatic ring is 1. The molecule has 2 aromatic heterocycles. The van der Waals surface area contributed by atoms with Gasteiger partial charge in [0.05, 0.1) is 18.4 Å². The van der Waals surface area contributed by atoms with Gasteiger partial charge in [0.1, 0.15) is 5.76 Å². The van der Waals surface area contributed by atoms with Crippen molar-refractivity contribution in [3.05, 3.63) is 46.5 Å². The number of rotatable bonds is 4. The van der Waals surface area contributed by atoms with Crippen LogP contribution >= 0.6 is 0 Å². The predicted molar refractivity (Wildman–Crippen MR) is 66.4 cm³/mol. The summed E-state index contributed by atoms with van der Waals surface area (Å²) in [6.07, 6.45) is 6.97. The SMILES string of the molecule is NNC(=O)c1ccoc1Cn1ccn(C2CC2)c1=O. The lowest BCUT2D eigenvalue weighted by molar-refractivity contribution is 0.0951. The summed E-state index contributed by atoms with van der Waals surface area (Å²) in [7, 11) is 0. The summed E-state index contributed by atoms with van der Waals surface area (Å²) in [5.41, 5.74) is 2.31. The number of furan rings is 1. The molecule has 0 unspecified atom stereocenters. The van der Waals surface area contributed by atoms with Crippen molar-refractivity contribution in [1.82, 2.24) is 14.6 Å². The second-order valence-electron chi connectivity index (χ2n) is 4.58. The molecule has 2 heterocycles. The number of amides is 1. The zero-order chi connectivity index (χ0) is 13.4. The number of nitrogens with zero attached hydrogens (tertiary/aromatic N) is 2. The topological polar surface area (TPSA) is 95.2 Å². The molecule has 3 rings (SSSR count).